The van der Waals surface area contributed by atoms with Crippen LogP contribution in [0.3, 0.4) is 0 Å². The zero-order valence-corrected chi connectivity index (χ0v) is 10.3. The third kappa shape index (κ3) is 4.69. The highest BCUT2D eigenvalue weighted by Crippen LogP contribution is 2.41. The molecule has 0 aromatic carbocycles. The van der Waals surface area contributed by atoms with Gasteiger partial charge in [-0.1, -0.05) is 53.9 Å². The van der Waals surface area contributed by atoms with E-state index in [1.54, 1.807) is 0 Å². The molecule has 1 fully saturated rings. The fourth-order valence-corrected chi connectivity index (χ4v) is 2.06. The minimum atomic E-state index is 0.938. The third-order valence-corrected chi connectivity index (χ3v) is 3.18. The second kappa shape index (κ2) is 7.41. The normalized spacial score (nSPS) is 26.3. The fraction of sp³-hybridized carbons (Fsp3) is 1.00. The summed E-state index contributed by atoms with van der Waals surface area (Å²) in [5.41, 5.74) is 0. The van der Waals surface area contributed by atoms with E-state index in [4.69, 9.17) is 0 Å². The molecule has 0 aliphatic heterocycles. The zero-order valence-electron chi connectivity index (χ0n) is 10.3. The Hall–Kier alpha value is 0. The largest absolute Gasteiger partial charge is 0.0683 e. The van der Waals surface area contributed by atoms with E-state index in [2.05, 4.69) is 20.8 Å². The van der Waals surface area contributed by atoms with Gasteiger partial charge in [-0.25, -0.2) is 0 Å². The van der Waals surface area contributed by atoms with Crippen LogP contribution in [0.1, 0.15) is 66.7 Å². The van der Waals surface area contributed by atoms with Crippen molar-refractivity contribution < 1.29 is 0 Å². The molecule has 0 aromatic rings. The van der Waals surface area contributed by atoms with E-state index in [9.17, 15) is 0 Å². The van der Waals surface area contributed by atoms with Gasteiger partial charge in [0.2, 0.25) is 0 Å². The monoisotopic (exact) mass is 184 g/mol. The predicted octanol–water partition coefficient (Wildman–Crippen LogP) is 4.89. The van der Waals surface area contributed by atoms with E-state index in [1.165, 1.54) is 32.1 Å². The molecular formula is C13H28. The van der Waals surface area contributed by atoms with Gasteiger partial charge < -0.3 is 0 Å². The van der Waals surface area contributed by atoms with Gasteiger partial charge in [0.15, 0.2) is 0 Å². The summed E-state index contributed by atoms with van der Waals surface area (Å²) in [6, 6.07) is 0. The van der Waals surface area contributed by atoms with E-state index >= 15 is 0 Å². The standard InChI is InChI=1S/C11H22.C2H6/c1-4-5-6-10-7-11(8-10)9(2)3;1-2/h9-11H,4-8H2,1-3H3;1-2H3. The summed E-state index contributed by atoms with van der Waals surface area (Å²) < 4.78 is 0. The van der Waals surface area contributed by atoms with Gasteiger partial charge in [0, 0.05) is 0 Å². The Balaban J connectivity index is 0.000000671. The molecular weight excluding hydrogens is 156 g/mol. The van der Waals surface area contributed by atoms with Crippen LogP contribution in [0.15, 0.2) is 0 Å². The second-order valence-electron chi connectivity index (χ2n) is 4.48. The molecule has 0 saturated heterocycles. The predicted molar refractivity (Wildman–Crippen MR) is 61.9 cm³/mol. The first-order valence-electron chi connectivity index (χ1n) is 6.24. The first-order valence-corrected chi connectivity index (χ1v) is 6.24. The molecule has 0 radical (unpaired) electrons. The number of rotatable bonds is 4. The van der Waals surface area contributed by atoms with Crippen LogP contribution in [0.25, 0.3) is 0 Å². The highest BCUT2D eigenvalue weighted by atomic mass is 14.4. The van der Waals surface area contributed by atoms with Gasteiger partial charge in [-0.05, 0) is 30.6 Å². The maximum Gasteiger partial charge on any atom is -0.0386 e. The summed E-state index contributed by atoms with van der Waals surface area (Å²) >= 11 is 0. The summed E-state index contributed by atoms with van der Waals surface area (Å²) in [5.74, 6) is 3.10. The lowest BCUT2D eigenvalue weighted by Crippen LogP contribution is -2.27. The molecule has 0 unspecified atom stereocenters. The Morgan fingerprint density at radius 3 is 2.08 bits per heavy atom. The van der Waals surface area contributed by atoms with Gasteiger partial charge in [0.1, 0.15) is 0 Å². The van der Waals surface area contributed by atoms with Crippen molar-refractivity contribution in [3.05, 3.63) is 0 Å². The van der Waals surface area contributed by atoms with Gasteiger partial charge in [0.25, 0.3) is 0 Å². The summed E-state index contributed by atoms with van der Waals surface area (Å²) in [6.45, 7) is 11.0. The Bertz CT molecular complexity index is 98.6. The molecule has 1 aliphatic rings. The smallest absolute Gasteiger partial charge is 0.0386 e. The molecule has 13 heavy (non-hydrogen) atoms. The van der Waals surface area contributed by atoms with Crippen LogP contribution >= 0.6 is 0 Å². The molecule has 0 nitrogen and oxygen atoms in total. The van der Waals surface area contributed by atoms with Crippen molar-refractivity contribution in [2.24, 2.45) is 17.8 Å². The SMILES string of the molecule is CC.CCCCC1CC(C(C)C)C1. The Morgan fingerprint density at radius 2 is 1.69 bits per heavy atom. The Morgan fingerprint density at radius 1 is 1.15 bits per heavy atom. The topological polar surface area (TPSA) is 0 Å². The van der Waals surface area contributed by atoms with Crippen LogP contribution in [0.2, 0.25) is 0 Å². The van der Waals surface area contributed by atoms with Crippen molar-refractivity contribution in [3.63, 3.8) is 0 Å². The molecule has 1 rings (SSSR count). The minimum Gasteiger partial charge on any atom is -0.0683 e. The highest BCUT2D eigenvalue weighted by molar-refractivity contribution is 4.80. The van der Waals surface area contributed by atoms with Gasteiger partial charge in [-0.3, -0.25) is 0 Å². The van der Waals surface area contributed by atoms with Gasteiger partial charge in [-0.2, -0.15) is 0 Å². The van der Waals surface area contributed by atoms with Gasteiger partial charge in [-0.15, -0.1) is 0 Å². The molecule has 0 N–H and O–H groups in total. The van der Waals surface area contributed by atoms with E-state index in [0.29, 0.717) is 0 Å². The second-order valence-corrected chi connectivity index (χ2v) is 4.48. The average Bonchev–Trinajstić information content (AvgIpc) is 2.05. The summed E-state index contributed by atoms with van der Waals surface area (Å²) in [5, 5.41) is 0. The van der Waals surface area contributed by atoms with Crippen molar-refractivity contribution >= 4 is 0 Å². The lowest BCUT2D eigenvalue weighted by molar-refractivity contribution is 0.131. The first-order chi connectivity index (χ1) is 6.24. The molecule has 0 amide bonds. The molecule has 1 saturated carbocycles. The van der Waals surface area contributed by atoms with E-state index in [1.807, 2.05) is 13.8 Å². The quantitative estimate of drug-likeness (QED) is 0.584. The van der Waals surface area contributed by atoms with Crippen LogP contribution in [0.5, 0.6) is 0 Å². The van der Waals surface area contributed by atoms with E-state index in [0.717, 1.165) is 17.8 Å². The molecule has 0 atom stereocenters. The van der Waals surface area contributed by atoms with Crippen LogP contribution < -0.4 is 0 Å². The van der Waals surface area contributed by atoms with Gasteiger partial charge in [0.05, 0.1) is 0 Å². The van der Waals surface area contributed by atoms with Crippen LogP contribution in [-0.2, 0) is 0 Å². The number of hydrogen-bond donors (Lipinski definition) is 0. The number of unbranched alkanes of at least 4 members (excludes halogenated alkanes) is 1. The van der Waals surface area contributed by atoms with Crippen molar-refractivity contribution in [1.82, 2.24) is 0 Å². The highest BCUT2D eigenvalue weighted by Gasteiger charge is 2.29. The van der Waals surface area contributed by atoms with Crippen molar-refractivity contribution in [2.75, 3.05) is 0 Å². The molecule has 0 aromatic heterocycles. The lowest BCUT2D eigenvalue weighted by atomic mass is 9.68. The zero-order chi connectivity index (χ0) is 10.3. The van der Waals surface area contributed by atoms with Crippen LogP contribution in [0.4, 0.5) is 0 Å². The number of hydrogen-bond acceptors (Lipinski definition) is 0. The lowest BCUT2D eigenvalue weighted by Gasteiger charge is -2.38. The first kappa shape index (κ1) is 13.0. The van der Waals surface area contributed by atoms with Crippen LogP contribution in [-0.4, -0.2) is 0 Å². The van der Waals surface area contributed by atoms with E-state index < -0.39 is 0 Å². The minimum absolute atomic E-state index is 0.938. The fourth-order valence-electron chi connectivity index (χ4n) is 2.06. The molecule has 1 aliphatic carbocycles. The molecule has 80 valence electrons. The summed E-state index contributed by atoms with van der Waals surface area (Å²) in [7, 11) is 0. The van der Waals surface area contributed by atoms with Crippen molar-refractivity contribution in [1.29, 1.82) is 0 Å². The average molecular weight is 184 g/mol. The Labute approximate surface area is 85.1 Å². The maximum absolute atomic E-state index is 2.36. The molecule has 0 spiro atoms. The Kier molecular flexibility index (Phi) is 7.41. The molecule has 0 bridgehead atoms. The maximum atomic E-state index is 2.36. The summed E-state index contributed by atoms with van der Waals surface area (Å²) in [4.78, 5) is 0. The molecule has 0 heterocycles. The third-order valence-electron chi connectivity index (χ3n) is 3.18. The van der Waals surface area contributed by atoms with Gasteiger partial charge >= 0.3 is 0 Å². The van der Waals surface area contributed by atoms with Crippen LogP contribution in [0, 0.1) is 17.8 Å². The van der Waals surface area contributed by atoms with Crippen molar-refractivity contribution in [3.8, 4) is 0 Å². The molecule has 0 heteroatoms. The summed E-state index contributed by atoms with van der Waals surface area (Å²) in [6.07, 6.45) is 7.38. The van der Waals surface area contributed by atoms with E-state index in [-0.39, 0.29) is 0 Å². The van der Waals surface area contributed by atoms with Crippen molar-refractivity contribution in [2.45, 2.75) is 66.7 Å².